The zero-order chi connectivity index (χ0) is 18.8. The number of ether oxygens (including phenoxy) is 3. The topological polar surface area (TPSA) is 56.8 Å². The molecule has 5 nitrogen and oxygen atoms in total. The van der Waals surface area contributed by atoms with Gasteiger partial charge in [-0.2, -0.15) is 0 Å². The van der Waals surface area contributed by atoms with Crippen molar-refractivity contribution >= 4 is 5.91 Å². The fourth-order valence-electron chi connectivity index (χ4n) is 2.38. The van der Waals surface area contributed by atoms with E-state index in [1.165, 1.54) is 0 Å². The third-order valence-corrected chi connectivity index (χ3v) is 3.71. The zero-order valence-electron chi connectivity index (χ0n) is 15.7. The van der Waals surface area contributed by atoms with Crippen molar-refractivity contribution in [3.8, 4) is 17.2 Å². The largest absolute Gasteiger partial charge is 0.494 e. The van der Waals surface area contributed by atoms with Crippen LogP contribution in [0.1, 0.15) is 42.6 Å². The van der Waals surface area contributed by atoms with Gasteiger partial charge in [0.25, 0.3) is 5.91 Å². The molecule has 1 N–H and O–H groups in total. The number of carbonyl (C=O) groups is 1. The van der Waals surface area contributed by atoms with E-state index in [4.69, 9.17) is 14.2 Å². The minimum atomic E-state index is -0.141. The lowest BCUT2D eigenvalue weighted by molar-refractivity contribution is 0.0950. The fraction of sp³-hybridized carbons (Fsp3) is 0.381. The molecular formula is C21H27NO4. The molecule has 0 aromatic heterocycles. The van der Waals surface area contributed by atoms with Crippen LogP contribution in [0.4, 0.5) is 0 Å². The number of benzene rings is 2. The van der Waals surface area contributed by atoms with E-state index in [0.29, 0.717) is 42.6 Å². The van der Waals surface area contributed by atoms with Crippen LogP contribution in [0.15, 0.2) is 42.5 Å². The molecule has 0 unspecified atom stereocenters. The Bertz CT molecular complexity index is 715. The number of nitrogens with one attached hydrogen (secondary N) is 1. The van der Waals surface area contributed by atoms with Gasteiger partial charge in [0.05, 0.1) is 20.3 Å². The van der Waals surface area contributed by atoms with Crippen LogP contribution in [0.2, 0.25) is 0 Å². The molecule has 0 radical (unpaired) electrons. The summed E-state index contributed by atoms with van der Waals surface area (Å²) in [5.74, 6) is 1.95. The summed E-state index contributed by atoms with van der Waals surface area (Å²) in [6.07, 6.45) is 1.86. The van der Waals surface area contributed by atoms with Crippen molar-refractivity contribution in [3.63, 3.8) is 0 Å². The van der Waals surface area contributed by atoms with Gasteiger partial charge in [0.1, 0.15) is 5.75 Å². The Kier molecular flexibility index (Phi) is 7.80. The lowest BCUT2D eigenvalue weighted by atomic mass is 10.1. The van der Waals surface area contributed by atoms with Crippen LogP contribution in [0.3, 0.4) is 0 Å². The number of methoxy groups -OCH3 is 1. The number of hydrogen-bond donors (Lipinski definition) is 1. The molecule has 0 saturated heterocycles. The summed E-state index contributed by atoms with van der Waals surface area (Å²) in [4.78, 5) is 12.4. The highest BCUT2D eigenvalue weighted by Gasteiger charge is 2.09. The van der Waals surface area contributed by atoms with Gasteiger partial charge in [0, 0.05) is 12.1 Å². The normalized spacial score (nSPS) is 10.3. The molecule has 0 saturated carbocycles. The predicted octanol–water partition coefficient (Wildman–Crippen LogP) is 4.20. The van der Waals surface area contributed by atoms with Gasteiger partial charge >= 0.3 is 0 Å². The summed E-state index contributed by atoms with van der Waals surface area (Å²) < 4.78 is 16.6. The Morgan fingerprint density at radius 1 is 0.962 bits per heavy atom. The van der Waals surface area contributed by atoms with Gasteiger partial charge in [0.15, 0.2) is 11.5 Å². The quantitative estimate of drug-likeness (QED) is 0.692. The summed E-state index contributed by atoms with van der Waals surface area (Å²) in [7, 11) is 1.61. The van der Waals surface area contributed by atoms with Crippen LogP contribution in [0.5, 0.6) is 17.2 Å². The molecule has 0 bridgehead atoms. The average molecular weight is 357 g/mol. The number of rotatable bonds is 10. The molecule has 140 valence electrons. The minimum Gasteiger partial charge on any atom is -0.494 e. The molecular weight excluding hydrogens is 330 g/mol. The Labute approximate surface area is 155 Å². The van der Waals surface area contributed by atoms with E-state index < -0.39 is 0 Å². The summed E-state index contributed by atoms with van der Waals surface area (Å²) in [5, 5.41) is 2.92. The van der Waals surface area contributed by atoms with E-state index in [0.717, 1.165) is 18.4 Å². The van der Waals surface area contributed by atoms with E-state index in [-0.39, 0.29) is 5.91 Å². The maximum atomic E-state index is 12.4. The molecule has 1 amide bonds. The third kappa shape index (κ3) is 5.69. The minimum absolute atomic E-state index is 0.141. The van der Waals surface area contributed by atoms with Crippen molar-refractivity contribution in [2.45, 2.75) is 33.2 Å². The van der Waals surface area contributed by atoms with Gasteiger partial charge in [-0.3, -0.25) is 4.79 Å². The summed E-state index contributed by atoms with van der Waals surface area (Å²) >= 11 is 0. The monoisotopic (exact) mass is 357 g/mol. The fourth-order valence-corrected chi connectivity index (χ4v) is 2.38. The smallest absolute Gasteiger partial charge is 0.251 e. The maximum Gasteiger partial charge on any atom is 0.251 e. The first-order valence-electron chi connectivity index (χ1n) is 8.98. The Hall–Kier alpha value is -2.69. The molecule has 26 heavy (non-hydrogen) atoms. The lowest BCUT2D eigenvalue weighted by Gasteiger charge is -2.12. The van der Waals surface area contributed by atoms with Gasteiger partial charge in [-0.1, -0.05) is 26.0 Å². The van der Waals surface area contributed by atoms with Gasteiger partial charge in [-0.25, -0.2) is 0 Å². The highest BCUT2D eigenvalue weighted by molar-refractivity contribution is 5.94. The second kappa shape index (κ2) is 10.3. The molecule has 0 spiro atoms. The van der Waals surface area contributed by atoms with Crippen LogP contribution >= 0.6 is 0 Å². The van der Waals surface area contributed by atoms with Crippen molar-refractivity contribution in [3.05, 3.63) is 53.6 Å². The van der Waals surface area contributed by atoms with E-state index in [9.17, 15) is 4.79 Å². The Morgan fingerprint density at radius 3 is 2.46 bits per heavy atom. The van der Waals surface area contributed by atoms with Crippen LogP contribution in [-0.4, -0.2) is 26.2 Å². The number of carbonyl (C=O) groups excluding carboxylic acids is 1. The molecule has 0 aliphatic heterocycles. The molecule has 2 rings (SSSR count). The first kappa shape index (κ1) is 19.6. The maximum absolute atomic E-state index is 12.4. The van der Waals surface area contributed by atoms with Crippen molar-refractivity contribution in [1.29, 1.82) is 0 Å². The summed E-state index contributed by atoms with van der Waals surface area (Å²) in [6, 6.07) is 12.9. The lowest BCUT2D eigenvalue weighted by Crippen LogP contribution is -2.22. The molecule has 2 aromatic carbocycles. The zero-order valence-corrected chi connectivity index (χ0v) is 15.7. The Balaban J connectivity index is 1.98. The molecule has 5 heteroatoms. The van der Waals surface area contributed by atoms with Crippen LogP contribution in [-0.2, 0) is 6.54 Å². The second-order valence-corrected chi connectivity index (χ2v) is 5.89. The highest BCUT2D eigenvalue weighted by atomic mass is 16.5. The van der Waals surface area contributed by atoms with E-state index in [2.05, 4.69) is 12.2 Å². The molecule has 0 atom stereocenters. The summed E-state index contributed by atoms with van der Waals surface area (Å²) in [5.41, 5.74) is 1.52. The first-order valence-corrected chi connectivity index (χ1v) is 8.98. The van der Waals surface area contributed by atoms with Crippen LogP contribution in [0, 0.1) is 0 Å². The Morgan fingerprint density at radius 2 is 1.73 bits per heavy atom. The highest BCUT2D eigenvalue weighted by Crippen LogP contribution is 2.28. The van der Waals surface area contributed by atoms with Crippen molar-refractivity contribution < 1.29 is 19.0 Å². The van der Waals surface area contributed by atoms with Gasteiger partial charge in [-0.15, -0.1) is 0 Å². The molecule has 2 aromatic rings. The van der Waals surface area contributed by atoms with Crippen molar-refractivity contribution in [2.75, 3.05) is 20.3 Å². The van der Waals surface area contributed by atoms with Crippen molar-refractivity contribution in [2.24, 2.45) is 0 Å². The van der Waals surface area contributed by atoms with E-state index in [1.54, 1.807) is 19.2 Å². The van der Waals surface area contributed by atoms with Crippen molar-refractivity contribution in [1.82, 2.24) is 5.32 Å². The van der Waals surface area contributed by atoms with E-state index in [1.807, 2.05) is 37.3 Å². The summed E-state index contributed by atoms with van der Waals surface area (Å²) in [6.45, 7) is 5.78. The standard InChI is InChI=1S/C21H27NO4/c1-4-11-25-18-8-6-7-17(14-18)21(23)22-15-16-9-10-19(26-12-5-2)20(13-16)24-3/h6-10,13-14H,4-5,11-12,15H2,1-3H3,(H,22,23). The number of amides is 1. The van der Waals surface area contributed by atoms with Crippen LogP contribution in [0.25, 0.3) is 0 Å². The first-order chi connectivity index (χ1) is 12.7. The average Bonchev–Trinajstić information content (AvgIpc) is 2.69. The van der Waals surface area contributed by atoms with Crippen LogP contribution < -0.4 is 19.5 Å². The second-order valence-electron chi connectivity index (χ2n) is 5.89. The third-order valence-electron chi connectivity index (χ3n) is 3.71. The molecule has 0 aliphatic rings. The van der Waals surface area contributed by atoms with Gasteiger partial charge < -0.3 is 19.5 Å². The van der Waals surface area contributed by atoms with Gasteiger partial charge in [-0.05, 0) is 48.7 Å². The molecule has 0 heterocycles. The SMILES string of the molecule is CCCOc1cccc(C(=O)NCc2ccc(OCCC)c(OC)c2)c1. The number of hydrogen-bond acceptors (Lipinski definition) is 4. The predicted molar refractivity (Wildman–Crippen MR) is 102 cm³/mol. The molecule has 0 fully saturated rings. The van der Waals surface area contributed by atoms with Gasteiger partial charge in [0.2, 0.25) is 0 Å². The van der Waals surface area contributed by atoms with E-state index >= 15 is 0 Å². The molecule has 0 aliphatic carbocycles.